The van der Waals surface area contributed by atoms with Crippen LogP contribution in [-0.2, 0) is 18.4 Å². The van der Waals surface area contributed by atoms with Gasteiger partial charge in [0.2, 0.25) is 0 Å². The van der Waals surface area contributed by atoms with Gasteiger partial charge in [0.25, 0.3) is 0 Å². The normalized spacial score (nSPS) is 20.2. The van der Waals surface area contributed by atoms with Crippen LogP contribution in [0, 0.1) is 12.8 Å². The number of carboxylic acid groups (broad SMARTS) is 1. The minimum atomic E-state index is -0.739. The van der Waals surface area contributed by atoms with Crippen LogP contribution >= 0.6 is 0 Å². The molecule has 9 nitrogen and oxygen atoms in total. The van der Waals surface area contributed by atoms with E-state index in [1.54, 1.807) is 4.68 Å². The number of hydrogen-bond donors (Lipinski definition) is 2. The van der Waals surface area contributed by atoms with Gasteiger partial charge in [0, 0.05) is 18.7 Å². The summed E-state index contributed by atoms with van der Waals surface area (Å²) in [7, 11) is 1.87. The Balaban J connectivity index is 1.29. The lowest BCUT2D eigenvalue weighted by Gasteiger charge is -2.27. The van der Waals surface area contributed by atoms with Gasteiger partial charge in [-0.1, -0.05) is 11.3 Å². The summed E-state index contributed by atoms with van der Waals surface area (Å²) in [5.74, 6) is 1.06. The molecule has 0 radical (unpaired) electrons. The molecular weight excluding hydrogens is 432 g/mol. The second-order valence-electron chi connectivity index (χ2n) is 9.31. The molecule has 0 bridgehead atoms. The molecule has 9 heteroatoms. The molecule has 3 heterocycles. The number of carbonyl (C=O) groups is 1. The third-order valence-corrected chi connectivity index (χ3v) is 6.69. The average Bonchev–Trinajstić information content (AvgIpc) is 3.62. The van der Waals surface area contributed by atoms with Crippen LogP contribution in [0.2, 0.25) is 0 Å². The Morgan fingerprint density at radius 3 is 2.79 bits per heavy atom. The summed E-state index contributed by atoms with van der Waals surface area (Å²) in [6.45, 7) is 2.43. The van der Waals surface area contributed by atoms with Crippen LogP contribution in [-0.4, -0.2) is 42.1 Å². The molecule has 178 valence electrons. The van der Waals surface area contributed by atoms with Crippen molar-refractivity contribution < 1.29 is 14.6 Å². The lowest BCUT2D eigenvalue weighted by Crippen LogP contribution is -2.29. The zero-order valence-corrected chi connectivity index (χ0v) is 19.6. The van der Waals surface area contributed by atoms with Gasteiger partial charge in [0.05, 0.1) is 35.6 Å². The van der Waals surface area contributed by atoms with Gasteiger partial charge in [-0.3, -0.25) is 4.79 Å². The molecule has 3 aromatic heterocycles. The Labute approximate surface area is 198 Å². The molecule has 3 aromatic rings. The molecule has 2 N–H and O–H groups in total. The summed E-state index contributed by atoms with van der Waals surface area (Å²) in [4.78, 5) is 20.8. The first-order valence-electron chi connectivity index (χ1n) is 11.9. The summed E-state index contributed by atoms with van der Waals surface area (Å²) in [6.07, 6.45) is 5.32. The zero-order chi connectivity index (χ0) is 23.7. The van der Waals surface area contributed by atoms with E-state index >= 15 is 0 Å². The average molecular weight is 463 g/mol. The van der Waals surface area contributed by atoms with Crippen molar-refractivity contribution in [2.24, 2.45) is 13.0 Å². The van der Waals surface area contributed by atoms with Crippen molar-refractivity contribution in [1.82, 2.24) is 25.0 Å². The highest BCUT2D eigenvalue weighted by molar-refractivity contribution is 5.70. The van der Waals surface area contributed by atoms with Gasteiger partial charge in [0.15, 0.2) is 0 Å². The quantitative estimate of drug-likeness (QED) is 0.514. The molecule has 0 aromatic carbocycles. The topological polar surface area (TPSA) is 115 Å². The van der Waals surface area contributed by atoms with E-state index < -0.39 is 5.97 Å². The van der Waals surface area contributed by atoms with Crippen molar-refractivity contribution in [3.05, 3.63) is 47.4 Å². The predicted molar refractivity (Wildman–Crippen MR) is 127 cm³/mol. The first-order chi connectivity index (χ1) is 16.5. The monoisotopic (exact) mass is 462 g/mol. The Bertz CT molecular complexity index is 1190. The summed E-state index contributed by atoms with van der Waals surface area (Å²) >= 11 is 0. The summed E-state index contributed by atoms with van der Waals surface area (Å²) in [5.41, 5.74) is 4.25. The van der Waals surface area contributed by atoms with Crippen LogP contribution in [0.3, 0.4) is 0 Å². The first kappa shape index (κ1) is 22.3. The summed E-state index contributed by atoms with van der Waals surface area (Å²) in [6, 6.07) is 9.89. The summed E-state index contributed by atoms with van der Waals surface area (Å²) < 4.78 is 7.90. The van der Waals surface area contributed by atoms with Crippen LogP contribution in [0.25, 0.3) is 11.4 Å². The number of nitrogens with one attached hydrogen (secondary N) is 1. The zero-order valence-electron chi connectivity index (χ0n) is 19.6. The van der Waals surface area contributed by atoms with Crippen LogP contribution in [0.4, 0.5) is 5.82 Å². The Morgan fingerprint density at radius 2 is 2.03 bits per heavy atom. The van der Waals surface area contributed by atoms with E-state index in [0.29, 0.717) is 30.3 Å². The minimum Gasteiger partial charge on any atom is -0.489 e. The minimum absolute atomic E-state index is 0.101. The Morgan fingerprint density at radius 1 is 1.18 bits per heavy atom. The van der Waals surface area contributed by atoms with E-state index in [4.69, 9.17) is 14.7 Å². The maximum Gasteiger partial charge on any atom is 0.306 e. The number of hydrogen-bond acceptors (Lipinski definition) is 7. The van der Waals surface area contributed by atoms with Crippen LogP contribution < -0.4 is 10.1 Å². The maximum absolute atomic E-state index is 11.4. The number of pyridine rings is 2. The summed E-state index contributed by atoms with van der Waals surface area (Å²) in [5, 5.41) is 21.3. The van der Waals surface area contributed by atoms with Gasteiger partial charge >= 0.3 is 5.97 Å². The number of aryl methyl sites for hydroxylation is 2. The number of aromatic nitrogens is 5. The maximum atomic E-state index is 11.4. The Hall–Kier alpha value is -3.49. The highest BCUT2D eigenvalue weighted by Crippen LogP contribution is 2.39. The number of nitrogens with zero attached hydrogens (tertiary/aromatic N) is 5. The molecule has 0 unspecified atom stereocenters. The van der Waals surface area contributed by atoms with Gasteiger partial charge in [-0.15, -0.1) is 5.10 Å². The molecule has 0 amide bonds. The van der Waals surface area contributed by atoms with Crippen LogP contribution in [0.15, 0.2) is 30.3 Å². The number of anilines is 1. The molecule has 0 saturated heterocycles. The largest absolute Gasteiger partial charge is 0.489 e. The molecule has 5 rings (SSSR count). The lowest BCUT2D eigenvalue weighted by atomic mass is 9.87. The molecule has 2 aliphatic carbocycles. The van der Waals surface area contributed by atoms with Crippen molar-refractivity contribution in [1.29, 1.82) is 0 Å². The van der Waals surface area contributed by atoms with Gasteiger partial charge < -0.3 is 15.2 Å². The van der Waals surface area contributed by atoms with E-state index in [-0.39, 0.29) is 12.0 Å². The second-order valence-corrected chi connectivity index (χ2v) is 9.31. The van der Waals surface area contributed by atoms with E-state index in [1.807, 2.05) is 38.2 Å². The van der Waals surface area contributed by atoms with Gasteiger partial charge in [-0.2, -0.15) is 0 Å². The lowest BCUT2D eigenvalue weighted by molar-refractivity contribution is -0.143. The molecule has 34 heavy (non-hydrogen) atoms. The molecular formula is C25H30N6O3. The number of carboxylic acids is 1. The number of rotatable bonds is 8. The van der Waals surface area contributed by atoms with Crippen LogP contribution in [0.1, 0.15) is 61.5 Å². The Kier molecular flexibility index (Phi) is 6.17. The van der Waals surface area contributed by atoms with Crippen molar-refractivity contribution in [2.45, 2.75) is 64.0 Å². The molecule has 2 fully saturated rings. The van der Waals surface area contributed by atoms with Crippen molar-refractivity contribution in [3.8, 4) is 17.1 Å². The van der Waals surface area contributed by atoms with Crippen molar-refractivity contribution >= 4 is 11.8 Å². The van der Waals surface area contributed by atoms with E-state index in [2.05, 4.69) is 21.7 Å². The smallest absolute Gasteiger partial charge is 0.306 e. The van der Waals surface area contributed by atoms with Gasteiger partial charge in [0.1, 0.15) is 17.3 Å². The first-order valence-corrected chi connectivity index (χ1v) is 11.9. The van der Waals surface area contributed by atoms with E-state index in [0.717, 1.165) is 47.9 Å². The van der Waals surface area contributed by atoms with Crippen molar-refractivity contribution in [3.63, 3.8) is 0 Å². The van der Waals surface area contributed by atoms with E-state index in [1.165, 1.54) is 12.8 Å². The fourth-order valence-electron chi connectivity index (χ4n) is 4.57. The molecule has 0 spiro atoms. The predicted octanol–water partition coefficient (Wildman–Crippen LogP) is 4.09. The molecule has 2 atom stereocenters. The van der Waals surface area contributed by atoms with Crippen molar-refractivity contribution in [2.75, 3.05) is 5.32 Å². The van der Waals surface area contributed by atoms with Gasteiger partial charge in [-0.25, -0.2) is 14.6 Å². The standard InChI is InChI=1S/C25H30N6O3/c1-15-22(34-18-6-3-5-17(13-18)25(32)33)12-11-20(27-15)24-21(31(2)30-29-24)14-26-23-8-4-7-19(28-23)16-9-10-16/h4,7-8,11-12,16-18H,3,5-6,9-10,13-14H2,1-2H3,(H,26,28)(H,32,33)/t17-,18-/m0/s1. The van der Waals surface area contributed by atoms with Gasteiger partial charge in [-0.05, 0) is 69.7 Å². The fraction of sp³-hybridized carbons (Fsp3) is 0.480. The highest BCUT2D eigenvalue weighted by Gasteiger charge is 2.29. The number of aliphatic carboxylic acids is 1. The third kappa shape index (κ3) is 4.88. The fourth-order valence-corrected chi connectivity index (χ4v) is 4.57. The van der Waals surface area contributed by atoms with Crippen LogP contribution in [0.5, 0.6) is 5.75 Å². The second kappa shape index (κ2) is 9.40. The molecule has 0 aliphatic heterocycles. The highest BCUT2D eigenvalue weighted by atomic mass is 16.5. The molecule has 2 saturated carbocycles. The third-order valence-electron chi connectivity index (χ3n) is 6.69. The SMILES string of the molecule is Cc1nc(-c2nnn(C)c2CNc2cccc(C3CC3)n2)ccc1O[C@H]1CCC[C@H](C(=O)O)C1. The number of ether oxygens (including phenoxy) is 1. The molecule has 2 aliphatic rings. The van der Waals surface area contributed by atoms with E-state index in [9.17, 15) is 9.90 Å².